The van der Waals surface area contributed by atoms with Gasteiger partial charge in [0.2, 0.25) is 0 Å². The standard InChI is InChI=1S/C16H20N4O2/c17-11-13-4-6-18-14(10-13)20-9-3-5-16(22,12-20)15(21)19-7-1-2-8-19/h4,6,10,22H,1-3,5,7-9,12H2/t16-/m0/s1. The summed E-state index contributed by atoms with van der Waals surface area (Å²) in [5.74, 6) is 0.484. The largest absolute Gasteiger partial charge is 0.378 e. The number of rotatable bonds is 2. The van der Waals surface area contributed by atoms with Crippen molar-refractivity contribution in [3.05, 3.63) is 23.9 Å². The molecule has 1 aromatic rings. The zero-order valence-electron chi connectivity index (χ0n) is 12.5. The lowest BCUT2D eigenvalue weighted by molar-refractivity contribution is -0.151. The molecular weight excluding hydrogens is 280 g/mol. The number of hydrogen-bond acceptors (Lipinski definition) is 5. The van der Waals surface area contributed by atoms with Gasteiger partial charge in [-0.05, 0) is 37.8 Å². The zero-order valence-corrected chi connectivity index (χ0v) is 12.5. The summed E-state index contributed by atoms with van der Waals surface area (Å²) >= 11 is 0. The first-order chi connectivity index (χ1) is 10.6. The molecule has 0 saturated carbocycles. The van der Waals surface area contributed by atoms with Gasteiger partial charge >= 0.3 is 0 Å². The molecule has 0 unspecified atom stereocenters. The van der Waals surface area contributed by atoms with E-state index in [-0.39, 0.29) is 12.5 Å². The topological polar surface area (TPSA) is 80.5 Å². The van der Waals surface area contributed by atoms with Crippen LogP contribution in [-0.2, 0) is 4.79 Å². The Hall–Kier alpha value is -2.13. The van der Waals surface area contributed by atoms with Gasteiger partial charge in [0.15, 0.2) is 5.60 Å². The normalized spacial score (nSPS) is 25.1. The summed E-state index contributed by atoms with van der Waals surface area (Å²) in [7, 11) is 0. The van der Waals surface area contributed by atoms with Crippen LogP contribution in [0.4, 0.5) is 5.82 Å². The third kappa shape index (κ3) is 2.77. The van der Waals surface area contributed by atoms with E-state index >= 15 is 0 Å². The fourth-order valence-electron chi connectivity index (χ4n) is 3.28. The molecule has 0 bridgehead atoms. The molecule has 2 fully saturated rings. The van der Waals surface area contributed by atoms with Crippen molar-refractivity contribution in [2.75, 3.05) is 31.1 Å². The van der Waals surface area contributed by atoms with Crippen molar-refractivity contribution in [1.82, 2.24) is 9.88 Å². The number of carbonyl (C=O) groups is 1. The molecule has 2 aliphatic rings. The third-order valence-corrected chi connectivity index (χ3v) is 4.46. The number of aliphatic hydroxyl groups is 1. The first kappa shape index (κ1) is 14.8. The predicted octanol–water partition coefficient (Wildman–Crippen LogP) is 0.907. The van der Waals surface area contributed by atoms with Gasteiger partial charge in [-0.3, -0.25) is 4.79 Å². The van der Waals surface area contributed by atoms with Gasteiger partial charge in [0.1, 0.15) is 5.82 Å². The van der Waals surface area contributed by atoms with E-state index in [4.69, 9.17) is 5.26 Å². The number of anilines is 1. The van der Waals surface area contributed by atoms with Gasteiger partial charge in [-0.1, -0.05) is 0 Å². The van der Waals surface area contributed by atoms with Crippen LogP contribution in [0.1, 0.15) is 31.2 Å². The number of pyridine rings is 1. The smallest absolute Gasteiger partial charge is 0.256 e. The molecule has 1 aromatic heterocycles. The van der Waals surface area contributed by atoms with Crippen molar-refractivity contribution in [1.29, 1.82) is 5.26 Å². The highest BCUT2D eigenvalue weighted by atomic mass is 16.3. The zero-order chi connectivity index (χ0) is 15.6. The molecule has 2 aliphatic heterocycles. The Kier molecular flexibility index (Phi) is 3.99. The number of nitrogens with zero attached hydrogens (tertiary/aromatic N) is 4. The summed E-state index contributed by atoms with van der Waals surface area (Å²) in [5.41, 5.74) is -0.808. The quantitative estimate of drug-likeness (QED) is 0.878. The van der Waals surface area contributed by atoms with Gasteiger partial charge < -0.3 is 14.9 Å². The second-order valence-electron chi connectivity index (χ2n) is 6.07. The van der Waals surface area contributed by atoms with Crippen LogP contribution >= 0.6 is 0 Å². The molecule has 22 heavy (non-hydrogen) atoms. The monoisotopic (exact) mass is 300 g/mol. The van der Waals surface area contributed by atoms with Crippen molar-refractivity contribution >= 4 is 11.7 Å². The minimum atomic E-state index is -1.34. The number of nitriles is 1. The summed E-state index contributed by atoms with van der Waals surface area (Å²) in [4.78, 5) is 20.5. The Morgan fingerprint density at radius 3 is 2.82 bits per heavy atom. The van der Waals surface area contributed by atoms with Crippen molar-refractivity contribution < 1.29 is 9.90 Å². The predicted molar refractivity (Wildman–Crippen MR) is 81.2 cm³/mol. The molecule has 116 valence electrons. The molecule has 6 nitrogen and oxygen atoms in total. The molecule has 6 heteroatoms. The van der Waals surface area contributed by atoms with Crippen LogP contribution in [0.15, 0.2) is 18.3 Å². The van der Waals surface area contributed by atoms with E-state index in [1.807, 2.05) is 4.90 Å². The number of piperidine rings is 1. The van der Waals surface area contributed by atoms with Gasteiger partial charge in [-0.25, -0.2) is 4.98 Å². The van der Waals surface area contributed by atoms with Gasteiger partial charge in [0.25, 0.3) is 5.91 Å². The number of hydrogen-bond donors (Lipinski definition) is 1. The van der Waals surface area contributed by atoms with Crippen LogP contribution in [0.25, 0.3) is 0 Å². The third-order valence-electron chi connectivity index (χ3n) is 4.46. The van der Waals surface area contributed by atoms with Crippen LogP contribution in [0.2, 0.25) is 0 Å². The molecule has 3 heterocycles. The molecule has 0 radical (unpaired) electrons. The average Bonchev–Trinajstić information content (AvgIpc) is 3.08. The summed E-state index contributed by atoms with van der Waals surface area (Å²) in [6.45, 7) is 2.45. The van der Waals surface area contributed by atoms with E-state index in [0.717, 1.165) is 38.9 Å². The maximum absolute atomic E-state index is 12.6. The molecule has 3 rings (SSSR count). The fourth-order valence-corrected chi connectivity index (χ4v) is 3.28. The second-order valence-corrected chi connectivity index (χ2v) is 6.07. The van der Waals surface area contributed by atoms with Gasteiger partial charge in [-0.15, -0.1) is 0 Å². The highest BCUT2D eigenvalue weighted by Gasteiger charge is 2.43. The molecule has 0 aliphatic carbocycles. The summed E-state index contributed by atoms with van der Waals surface area (Å²) in [5, 5.41) is 19.8. The first-order valence-electron chi connectivity index (χ1n) is 7.75. The van der Waals surface area contributed by atoms with Crippen LogP contribution < -0.4 is 4.90 Å². The van der Waals surface area contributed by atoms with E-state index in [2.05, 4.69) is 11.1 Å². The number of aromatic nitrogens is 1. The van der Waals surface area contributed by atoms with Crippen LogP contribution in [0, 0.1) is 11.3 Å². The lowest BCUT2D eigenvalue weighted by Crippen LogP contribution is -2.58. The number of carbonyl (C=O) groups excluding carboxylic acids is 1. The summed E-state index contributed by atoms with van der Waals surface area (Å²) in [6.07, 6.45) is 4.82. The van der Waals surface area contributed by atoms with Crippen molar-refractivity contribution in [3.8, 4) is 6.07 Å². The van der Waals surface area contributed by atoms with E-state index in [0.29, 0.717) is 17.8 Å². The molecular formula is C16H20N4O2. The van der Waals surface area contributed by atoms with Gasteiger partial charge in [-0.2, -0.15) is 5.26 Å². The fraction of sp³-hybridized carbons (Fsp3) is 0.562. The molecule has 0 spiro atoms. The lowest BCUT2D eigenvalue weighted by Gasteiger charge is -2.40. The van der Waals surface area contributed by atoms with E-state index in [9.17, 15) is 9.90 Å². The highest BCUT2D eigenvalue weighted by Crippen LogP contribution is 2.28. The average molecular weight is 300 g/mol. The Bertz CT molecular complexity index is 606. The molecule has 1 atom stereocenters. The van der Waals surface area contributed by atoms with E-state index < -0.39 is 5.60 Å². The van der Waals surface area contributed by atoms with Crippen LogP contribution in [-0.4, -0.2) is 52.7 Å². The molecule has 1 N–H and O–H groups in total. The molecule has 2 saturated heterocycles. The first-order valence-corrected chi connectivity index (χ1v) is 7.75. The molecule has 1 amide bonds. The minimum absolute atomic E-state index is 0.161. The summed E-state index contributed by atoms with van der Waals surface area (Å²) in [6, 6.07) is 5.44. The second kappa shape index (κ2) is 5.93. The Balaban J connectivity index is 1.78. The number of β-amino-alcohol motifs (C(OH)–C–C–N with tert-alkyl or cyclic N) is 1. The van der Waals surface area contributed by atoms with Crippen molar-refractivity contribution in [2.24, 2.45) is 0 Å². The number of likely N-dealkylation sites (tertiary alicyclic amines) is 1. The SMILES string of the molecule is N#Cc1ccnc(N2CCC[C@@](O)(C(=O)N3CCCC3)C2)c1. The van der Waals surface area contributed by atoms with Gasteiger partial charge in [0.05, 0.1) is 18.2 Å². The Morgan fingerprint density at radius 2 is 2.09 bits per heavy atom. The maximum atomic E-state index is 12.6. The van der Waals surface area contributed by atoms with Crippen molar-refractivity contribution in [3.63, 3.8) is 0 Å². The van der Waals surface area contributed by atoms with E-state index in [1.54, 1.807) is 23.2 Å². The molecule has 0 aromatic carbocycles. The lowest BCUT2D eigenvalue weighted by atomic mass is 9.91. The summed E-state index contributed by atoms with van der Waals surface area (Å²) < 4.78 is 0. The van der Waals surface area contributed by atoms with Crippen molar-refractivity contribution in [2.45, 2.75) is 31.3 Å². The minimum Gasteiger partial charge on any atom is -0.378 e. The van der Waals surface area contributed by atoms with Crippen LogP contribution in [0.5, 0.6) is 0 Å². The highest BCUT2D eigenvalue weighted by molar-refractivity contribution is 5.86. The maximum Gasteiger partial charge on any atom is 0.256 e. The Morgan fingerprint density at radius 1 is 1.32 bits per heavy atom. The number of amides is 1. The van der Waals surface area contributed by atoms with Gasteiger partial charge in [0, 0.05) is 25.8 Å². The van der Waals surface area contributed by atoms with Crippen LogP contribution in [0.3, 0.4) is 0 Å². The van der Waals surface area contributed by atoms with E-state index in [1.165, 1.54) is 0 Å². The Labute approximate surface area is 130 Å².